The van der Waals surface area contributed by atoms with Gasteiger partial charge in [-0.25, -0.2) is 4.98 Å². The van der Waals surface area contributed by atoms with Gasteiger partial charge in [0.05, 0.1) is 10.6 Å². The van der Waals surface area contributed by atoms with Crippen LogP contribution in [0, 0.1) is 12.8 Å². The number of piperidine rings is 2. The maximum absolute atomic E-state index is 13.0. The maximum atomic E-state index is 13.0. The lowest BCUT2D eigenvalue weighted by Gasteiger charge is -2.37. The minimum Gasteiger partial charge on any atom is -0.355 e. The van der Waals surface area contributed by atoms with Crippen molar-refractivity contribution >= 4 is 23.3 Å². The lowest BCUT2D eigenvalue weighted by molar-refractivity contribution is -0.138. The van der Waals surface area contributed by atoms with Gasteiger partial charge in [0.15, 0.2) is 5.82 Å². The van der Waals surface area contributed by atoms with Gasteiger partial charge in [0, 0.05) is 44.2 Å². The van der Waals surface area contributed by atoms with E-state index < -0.39 is 11.7 Å². The molecule has 1 amide bonds. The predicted molar refractivity (Wildman–Crippen MR) is 107 cm³/mol. The Kier molecular flexibility index (Phi) is 6.09. The third-order valence-corrected chi connectivity index (χ3v) is 6.27. The predicted octanol–water partition coefficient (Wildman–Crippen LogP) is 4.07. The average molecular weight is 458 g/mol. The number of aromatic nitrogens is 3. The smallest absolute Gasteiger partial charge is 0.355 e. The van der Waals surface area contributed by atoms with E-state index in [4.69, 9.17) is 16.1 Å². The molecule has 0 bridgehead atoms. The number of amides is 1. The summed E-state index contributed by atoms with van der Waals surface area (Å²) in [5.41, 5.74) is -0.870. The second-order valence-electron chi connectivity index (χ2n) is 8.07. The van der Waals surface area contributed by atoms with E-state index in [0.717, 1.165) is 25.1 Å². The summed E-state index contributed by atoms with van der Waals surface area (Å²) in [6.07, 6.45) is -0.881. The molecule has 4 heterocycles. The van der Waals surface area contributed by atoms with Crippen LogP contribution in [-0.2, 0) is 11.0 Å². The normalized spacial score (nSPS) is 19.1. The number of rotatable bonds is 3. The van der Waals surface area contributed by atoms with Gasteiger partial charge in [-0.15, -0.1) is 0 Å². The first-order valence-corrected chi connectivity index (χ1v) is 10.7. The summed E-state index contributed by atoms with van der Waals surface area (Å²) in [6.45, 7) is 4.12. The lowest BCUT2D eigenvalue weighted by Crippen LogP contribution is -2.45. The Morgan fingerprint density at radius 3 is 2.39 bits per heavy atom. The van der Waals surface area contributed by atoms with Gasteiger partial charge in [-0.1, -0.05) is 16.8 Å². The Morgan fingerprint density at radius 1 is 1.16 bits per heavy atom. The summed E-state index contributed by atoms with van der Waals surface area (Å²) < 4.78 is 43.7. The largest absolute Gasteiger partial charge is 0.417 e. The number of hydrogen-bond acceptors (Lipinski definition) is 6. The molecule has 2 aromatic heterocycles. The van der Waals surface area contributed by atoms with E-state index in [1.54, 1.807) is 6.92 Å². The van der Waals surface area contributed by atoms with Gasteiger partial charge < -0.3 is 14.3 Å². The van der Waals surface area contributed by atoms with Crippen LogP contribution in [0.5, 0.6) is 0 Å². The van der Waals surface area contributed by atoms with Crippen molar-refractivity contribution in [2.24, 2.45) is 5.92 Å². The van der Waals surface area contributed by atoms with Crippen LogP contribution in [0.2, 0.25) is 5.02 Å². The molecule has 2 saturated heterocycles. The molecule has 168 valence electrons. The topological polar surface area (TPSA) is 75.4 Å². The van der Waals surface area contributed by atoms with Crippen LogP contribution in [0.4, 0.5) is 19.0 Å². The van der Waals surface area contributed by atoms with Crippen LogP contribution < -0.4 is 4.90 Å². The quantitative estimate of drug-likeness (QED) is 0.691. The monoisotopic (exact) mass is 457 g/mol. The van der Waals surface area contributed by atoms with Gasteiger partial charge >= 0.3 is 6.18 Å². The molecule has 0 saturated carbocycles. The highest BCUT2D eigenvalue weighted by Gasteiger charge is 2.35. The van der Waals surface area contributed by atoms with E-state index in [9.17, 15) is 18.0 Å². The SMILES string of the molecule is Cc1noc(C2CCN(C(=O)C3CCN(c4ncc(C(F)(F)F)cc4Cl)CC3)CC2)n1. The fraction of sp³-hybridized carbons (Fsp3) is 0.600. The van der Waals surface area contributed by atoms with Crippen molar-refractivity contribution in [3.8, 4) is 0 Å². The molecule has 7 nitrogen and oxygen atoms in total. The third kappa shape index (κ3) is 4.78. The minimum atomic E-state index is -4.48. The molecule has 0 aliphatic carbocycles. The second kappa shape index (κ2) is 8.64. The molecular formula is C20H23ClF3N5O2. The first kappa shape index (κ1) is 21.9. The van der Waals surface area contributed by atoms with Crippen LogP contribution in [0.25, 0.3) is 0 Å². The number of aryl methyl sites for hydroxylation is 1. The van der Waals surface area contributed by atoms with Gasteiger partial charge in [-0.3, -0.25) is 4.79 Å². The molecule has 11 heteroatoms. The Balaban J connectivity index is 1.30. The second-order valence-corrected chi connectivity index (χ2v) is 8.48. The maximum Gasteiger partial charge on any atom is 0.417 e. The Morgan fingerprint density at radius 2 is 1.84 bits per heavy atom. The van der Waals surface area contributed by atoms with Crippen LogP contribution >= 0.6 is 11.6 Å². The molecule has 0 N–H and O–H groups in total. The van der Waals surface area contributed by atoms with Crippen molar-refractivity contribution in [2.45, 2.75) is 44.7 Å². The Hall–Kier alpha value is -2.36. The molecule has 0 unspecified atom stereocenters. The summed E-state index contributed by atoms with van der Waals surface area (Å²) in [4.78, 5) is 24.9. The van der Waals surface area contributed by atoms with E-state index in [1.165, 1.54) is 0 Å². The molecule has 4 rings (SSSR count). The van der Waals surface area contributed by atoms with E-state index in [1.807, 2.05) is 9.80 Å². The molecule has 2 fully saturated rings. The van der Waals surface area contributed by atoms with E-state index >= 15 is 0 Å². The Labute approximate surface area is 182 Å². The number of halogens is 4. The first-order chi connectivity index (χ1) is 14.7. The lowest BCUT2D eigenvalue weighted by atomic mass is 9.92. The van der Waals surface area contributed by atoms with Crippen molar-refractivity contribution in [2.75, 3.05) is 31.1 Å². The zero-order valence-corrected chi connectivity index (χ0v) is 17.8. The summed E-state index contributed by atoms with van der Waals surface area (Å²) in [5, 5.41) is 3.80. The number of pyridine rings is 1. The van der Waals surface area contributed by atoms with Crippen LogP contribution in [0.15, 0.2) is 16.8 Å². The highest BCUT2D eigenvalue weighted by atomic mass is 35.5. The van der Waals surface area contributed by atoms with Gasteiger partial charge in [0.25, 0.3) is 0 Å². The van der Waals surface area contributed by atoms with Crippen molar-refractivity contribution in [1.29, 1.82) is 0 Å². The number of likely N-dealkylation sites (tertiary alicyclic amines) is 1. The fourth-order valence-corrected chi connectivity index (χ4v) is 4.53. The van der Waals surface area contributed by atoms with Gasteiger partial charge in [-0.2, -0.15) is 18.2 Å². The van der Waals surface area contributed by atoms with Crippen LogP contribution in [0.1, 0.15) is 48.9 Å². The summed E-state index contributed by atoms with van der Waals surface area (Å²) >= 11 is 6.06. The van der Waals surface area contributed by atoms with Crippen molar-refractivity contribution < 1.29 is 22.5 Å². The van der Waals surface area contributed by atoms with E-state index in [-0.39, 0.29) is 22.8 Å². The molecule has 31 heavy (non-hydrogen) atoms. The number of hydrogen-bond donors (Lipinski definition) is 0. The number of carbonyl (C=O) groups excluding carboxylic acids is 1. The summed E-state index contributed by atoms with van der Waals surface area (Å²) in [7, 11) is 0. The molecule has 0 aromatic carbocycles. The first-order valence-electron chi connectivity index (χ1n) is 10.3. The summed E-state index contributed by atoms with van der Waals surface area (Å²) in [5.74, 6) is 1.79. The highest BCUT2D eigenvalue weighted by Crippen LogP contribution is 2.35. The molecular weight excluding hydrogens is 435 g/mol. The minimum absolute atomic E-state index is 0.0297. The van der Waals surface area contributed by atoms with Gasteiger partial charge in [-0.05, 0) is 38.7 Å². The van der Waals surface area contributed by atoms with E-state index in [2.05, 4.69) is 15.1 Å². The third-order valence-electron chi connectivity index (χ3n) is 5.99. The van der Waals surface area contributed by atoms with Crippen molar-refractivity contribution in [3.63, 3.8) is 0 Å². The average Bonchev–Trinajstić information content (AvgIpc) is 3.19. The zero-order chi connectivity index (χ0) is 22.2. The molecule has 2 aliphatic rings. The number of carbonyl (C=O) groups is 1. The standard InChI is InChI=1S/C20H23ClF3N5O2/c1-12-26-18(31-27-12)13-2-8-29(9-3-13)19(30)14-4-6-28(7-5-14)17-16(21)10-15(11-25-17)20(22,23)24/h10-11,13-14H,2-9H2,1H3. The molecule has 2 aliphatic heterocycles. The molecule has 2 aromatic rings. The number of nitrogens with zero attached hydrogens (tertiary/aromatic N) is 5. The van der Waals surface area contributed by atoms with Gasteiger partial charge in [0.1, 0.15) is 5.82 Å². The molecule has 0 radical (unpaired) electrons. The van der Waals surface area contributed by atoms with Crippen molar-refractivity contribution in [3.05, 3.63) is 34.6 Å². The highest BCUT2D eigenvalue weighted by molar-refractivity contribution is 6.33. The Bertz CT molecular complexity index is 935. The fourth-order valence-electron chi connectivity index (χ4n) is 4.24. The summed E-state index contributed by atoms with van der Waals surface area (Å²) in [6, 6.07) is 0.899. The molecule has 0 atom stereocenters. The van der Waals surface area contributed by atoms with Crippen LogP contribution in [0.3, 0.4) is 0 Å². The number of alkyl halides is 3. The van der Waals surface area contributed by atoms with E-state index in [0.29, 0.717) is 56.6 Å². The van der Waals surface area contributed by atoms with Gasteiger partial charge in [0.2, 0.25) is 11.8 Å². The molecule has 0 spiro atoms. The van der Waals surface area contributed by atoms with Crippen LogP contribution in [-0.4, -0.2) is 52.1 Å². The number of anilines is 1. The zero-order valence-electron chi connectivity index (χ0n) is 17.0. The van der Waals surface area contributed by atoms with Crippen molar-refractivity contribution in [1.82, 2.24) is 20.0 Å².